The highest BCUT2D eigenvalue weighted by atomic mass is 16.3. The monoisotopic (exact) mass is 278 g/mol. The fourth-order valence-corrected chi connectivity index (χ4v) is 3.63. The summed E-state index contributed by atoms with van der Waals surface area (Å²) in [7, 11) is 0. The van der Waals surface area contributed by atoms with E-state index in [9.17, 15) is 19.8 Å². The van der Waals surface area contributed by atoms with Crippen LogP contribution in [-0.4, -0.2) is 41.4 Å². The van der Waals surface area contributed by atoms with E-state index in [1.807, 2.05) is 0 Å². The molecule has 2 aromatic rings. The Hall–Kier alpha value is -1.93. The number of hydrogen-bond donors (Lipinski definition) is 4. The van der Waals surface area contributed by atoms with Crippen LogP contribution in [-0.2, 0) is 6.54 Å². The summed E-state index contributed by atoms with van der Waals surface area (Å²) in [6.45, 7) is 0.112. The molecule has 4 N–H and O–H groups in total. The van der Waals surface area contributed by atoms with Gasteiger partial charge in [0.1, 0.15) is 5.52 Å². The smallest absolute Gasteiger partial charge is 0.330 e. The Kier molecular flexibility index (Phi) is 2.13. The molecule has 2 fully saturated rings. The fourth-order valence-electron chi connectivity index (χ4n) is 3.63. The van der Waals surface area contributed by atoms with Gasteiger partial charge in [-0.2, -0.15) is 0 Å². The van der Waals surface area contributed by atoms with Gasteiger partial charge < -0.3 is 15.2 Å². The van der Waals surface area contributed by atoms with Crippen molar-refractivity contribution in [2.45, 2.75) is 31.1 Å². The van der Waals surface area contributed by atoms with Crippen molar-refractivity contribution in [3.05, 3.63) is 27.2 Å². The first-order chi connectivity index (χ1) is 9.52. The van der Waals surface area contributed by atoms with Crippen LogP contribution >= 0.6 is 0 Å². The largest absolute Gasteiger partial charge is 0.393 e. The standard InChI is InChI=1S/C12H14N4O4/c17-6-1-2-12(20)5(7(6)12)3-16-10(18)8-9(14-4-13-8)15-11(16)19/h4-7,17,20H,1-3H2,(H,13,14)(H,15,19). The van der Waals surface area contributed by atoms with E-state index < -0.39 is 23.0 Å². The van der Waals surface area contributed by atoms with Gasteiger partial charge in [0.05, 0.1) is 18.0 Å². The quantitative estimate of drug-likeness (QED) is 0.534. The lowest BCUT2D eigenvalue weighted by Crippen LogP contribution is -2.37. The molecular formula is C12H14N4O4. The molecule has 0 amide bonds. The predicted octanol–water partition coefficient (Wildman–Crippen LogP) is -1.46. The maximum atomic E-state index is 12.2. The number of aromatic nitrogens is 4. The highest BCUT2D eigenvalue weighted by Crippen LogP contribution is 2.61. The molecule has 8 nitrogen and oxygen atoms in total. The van der Waals surface area contributed by atoms with Gasteiger partial charge in [-0.25, -0.2) is 9.78 Å². The van der Waals surface area contributed by atoms with Gasteiger partial charge in [0.25, 0.3) is 5.56 Å². The molecule has 2 heterocycles. The average Bonchev–Trinajstić information content (AvgIpc) is 2.74. The van der Waals surface area contributed by atoms with Crippen LogP contribution in [0, 0.1) is 11.8 Å². The predicted molar refractivity (Wildman–Crippen MR) is 68.1 cm³/mol. The molecule has 2 aliphatic rings. The van der Waals surface area contributed by atoms with Crippen LogP contribution < -0.4 is 11.2 Å². The molecule has 0 bridgehead atoms. The summed E-state index contributed by atoms with van der Waals surface area (Å²) in [5, 5.41) is 20.1. The number of aliphatic hydroxyl groups is 2. The summed E-state index contributed by atoms with van der Waals surface area (Å²) in [5.41, 5.74) is -1.45. The third-order valence-corrected chi connectivity index (χ3v) is 4.75. The van der Waals surface area contributed by atoms with Crippen molar-refractivity contribution in [3.8, 4) is 0 Å². The van der Waals surface area contributed by atoms with E-state index in [-0.39, 0.29) is 29.5 Å². The summed E-state index contributed by atoms with van der Waals surface area (Å²) < 4.78 is 1.06. The van der Waals surface area contributed by atoms with Gasteiger partial charge in [0.2, 0.25) is 0 Å². The minimum atomic E-state index is -0.922. The molecular weight excluding hydrogens is 264 g/mol. The minimum Gasteiger partial charge on any atom is -0.393 e. The van der Waals surface area contributed by atoms with E-state index in [4.69, 9.17) is 0 Å². The molecule has 106 valence electrons. The van der Waals surface area contributed by atoms with E-state index in [1.165, 1.54) is 6.33 Å². The van der Waals surface area contributed by atoms with E-state index >= 15 is 0 Å². The summed E-state index contributed by atoms with van der Waals surface area (Å²) in [6.07, 6.45) is 1.89. The number of nitrogens with zero attached hydrogens (tertiary/aromatic N) is 2. The lowest BCUT2D eigenvalue weighted by atomic mass is 10.1. The molecule has 0 aromatic carbocycles. The molecule has 0 saturated heterocycles. The molecule has 2 aromatic heterocycles. The summed E-state index contributed by atoms with van der Waals surface area (Å²) in [5.74, 6) is -0.475. The fraction of sp³-hybridized carbons (Fsp3) is 0.583. The summed E-state index contributed by atoms with van der Waals surface area (Å²) in [6, 6.07) is 0. The first-order valence-corrected chi connectivity index (χ1v) is 6.59. The molecule has 20 heavy (non-hydrogen) atoms. The van der Waals surface area contributed by atoms with Crippen LogP contribution in [0.1, 0.15) is 12.8 Å². The van der Waals surface area contributed by atoms with Crippen LogP contribution in [0.25, 0.3) is 11.2 Å². The van der Waals surface area contributed by atoms with Gasteiger partial charge in [-0.15, -0.1) is 0 Å². The molecule has 8 heteroatoms. The van der Waals surface area contributed by atoms with Gasteiger partial charge in [-0.05, 0) is 12.8 Å². The van der Waals surface area contributed by atoms with E-state index in [0.29, 0.717) is 12.8 Å². The third-order valence-electron chi connectivity index (χ3n) is 4.75. The third kappa shape index (κ3) is 1.35. The maximum Gasteiger partial charge on any atom is 0.330 e. The molecule has 4 rings (SSSR count). The molecule has 2 saturated carbocycles. The second-order valence-corrected chi connectivity index (χ2v) is 5.70. The number of fused-ring (bicyclic) bond motifs is 2. The van der Waals surface area contributed by atoms with E-state index in [2.05, 4.69) is 15.0 Å². The van der Waals surface area contributed by atoms with Crippen molar-refractivity contribution >= 4 is 11.2 Å². The number of nitrogens with one attached hydrogen (secondary N) is 2. The normalized spacial score (nSPS) is 35.4. The molecule has 0 radical (unpaired) electrons. The van der Waals surface area contributed by atoms with Gasteiger partial charge >= 0.3 is 5.69 Å². The highest BCUT2D eigenvalue weighted by Gasteiger charge is 2.69. The van der Waals surface area contributed by atoms with Crippen LogP contribution in [0.3, 0.4) is 0 Å². The zero-order chi connectivity index (χ0) is 14.1. The van der Waals surface area contributed by atoms with Crippen molar-refractivity contribution in [2.24, 2.45) is 11.8 Å². The number of H-pyrrole nitrogens is 2. The Balaban J connectivity index is 1.74. The van der Waals surface area contributed by atoms with Gasteiger partial charge in [-0.1, -0.05) is 0 Å². The molecule has 4 unspecified atom stereocenters. The van der Waals surface area contributed by atoms with Gasteiger partial charge in [0.15, 0.2) is 5.65 Å². The molecule has 4 atom stereocenters. The Labute approximate surface area is 112 Å². The van der Waals surface area contributed by atoms with Crippen LogP contribution in [0.15, 0.2) is 15.9 Å². The Morgan fingerprint density at radius 3 is 3.00 bits per heavy atom. The number of rotatable bonds is 2. The molecule has 0 aliphatic heterocycles. The van der Waals surface area contributed by atoms with Gasteiger partial charge in [-0.3, -0.25) is 14.3 Å². The lowest BCUT2D eigenvalue weighted by molar-refractivity contribution is 0.119. The second kappa shape index (κ2) is 3.58. The maximum absolute atomic E-state index is 12.2. The summed E-state index contributed by atoms with van der Waals surface area (Å²) in [4.78, 5) is 33.2. The Morgan fingerprint density at radius 2 is 2.30 bits per heavy atom. The lowest BCUT2D eigenvalue weighted by Gasteiger charge is -2.10. The van der Waals surface area contributed by atoms with Crippen molar-refractivity contribution in [1.29, 1.82) is 0 Å². The van der Waals surface area contributed by atoms with Crippen molar-refractivity contribution in [2.75, 3.05) is 0 Å². The zero-order valence-electron chi connectivity index (χ0n) is 10.5. The minimum absolute atomic E-state index is 0.112. The Bertz CT molecular complexity index is 806. The summed E-state index contributed by atoms with van der Waals surface area (Å²) >= 11 is 0. The Morgan fingerprint density at radius 1 is 1.50 bits per heavy atom. The van der Waals surface area contributed by atoms with Gasteiger partial charge in [0, 0.05) is 18.4 Å². The SMILES string of the molecule is O=c1[nH]c2nc[nH]c2c(=O)n1CC1C2C(O)CCC12O. The van der Waals surface area contributed by atoms with Crippen molar-refractivity contribution < 1.29 is 10.2 Å². The molecule has 0 spiro atoms. The first-order valence-electron chi connectivity index (χ1n) is 6.59. The van der Waals surface area contributed by atoms with Crippen LogP contribution in [0.2, 0.25) is 0 Å². The number of imidazole rings is 1. The van der Waals surface area contributed by atoms with E-state index in [1.54, 1.807) is 0 Å². The number of aliphatic hydroxyl groups excluding tert-OH is 1. The number of hydrogen-bond acceptors (Lipinski definition) is 5. The highest BCUT2D eigenvalue weighted by molar-refractivity contribution is 5.67. The topological polar surface area (TPSA) is 124 Å². The average molecular weight is 278 g/mol. The van der Waals surface area contributed by atoms with E-state index in [0.717, 1.165) is 4.57 Å². The van der Waals surface area contributed by atoms with Crippen LogP contribution in [0.5, 0.6) is 0 Å². The number of aromatic amines is 2. The molecule has 2 aliphatic carbocycles. The van der Waals surface area contributed by atoms with Crippen LogP contribution in [0.4, 0.5) is 0 Å². The first kappa shape index (κ1) is 11.9. The zero-order valence-corrected chi connectivity index (χ0v) is 10.5. The second-order valence-electron chi connectivity index (χ2n) is 5.70. The van der Waals surface area contributed by atoms with Crippen molar-refractivity contribution in [3.63, 3.8) is 0 Å². The van der Waals surface area contributed by atoms with Crippen molar-refractivity contribution in [1.82, 2.24) is 19.5 Å².